The summed E-state index contributed by atoms with van der Waals surface area (Å²) in [5, 5.41) is 13.7. The first-order valence-electron chi connectivity index (χ1n) is 7.54. The van der Waals surface area contributed by atoms with Gasteiger partial charge in [0, 0.05) is 43.3 Å². The summed E-state index contributed by atoms with van der Waals surface area (Å²) in [6, 6.07) is 13.0. The normalized spacial score (nSPS) is 12.4. The van der Waals surface area contributed by atoms with Gasteiger partial charge in [-0.05, 0) is 23.8 Å². The summed E-state index contributed by atoms with van der Waals surface area (Å²) in [4.78, 5) is 15.8. The van der Waals surface area contributed by atoms with Crippen LogP contribution in [0.5, 0.6) is 0 Å². The first kappa shape index (κ1) is 15.2. The highest BCUT2D eigenvalue weighted by Crippen LogP contribution is 2.21. The van der Waals surface area contributed by atoms with Crippen LogP contribution in [0.15, 0.2) is 54.9 Å². The number of benzene rings is 1. The van der Waals surface area contributed by atoms with Crippen LogP contribution in [0.1, 0.15) is 11.3 Å². The Bertz CT molecular complexity index is 812. The number of carbonyl (C=O) groups is 1. The molecular weight excluding hydrogens is 290 g/mol. The standard InChI is InChI=1S/C18H19N3O2/c1-21-12-13(15-7-2-3-8-17(15)21)10-16(18(22)23)20-11-14-6-4-5-9-19-14/h2-9,12,16,20H,10-11H2,1H3,(H,22,23). The van der Waals surface area contributed by atoms with Crippen LogP contribution >= 0.6 is 0 Å². The van der Waals surface area contributed by atoms with Gasteiger partial charge in [-0.25, -0.2) is 0 Å². The number of aliphatic carboxylic acids is 1. The van der Waals surface area contributed by atoms with Crippen molar-refractivity contribution >= 4 is 16.9 Å². The minimum atomic E-state index is -0.853. The molecule has 1 aromatic carbocycles. The van der Waals surface area contributed by atoms with Crippen molar-refractivity contribution in [3.63, 3.8) is 0 Å². The third-order valence-corrected chi connectivity index (χ3v) is 3.96. The average molecular weight is 309 g/mol. The second-order valence-electron chi connectivity index (χ2n) is 5.58. The van der Waals surface area contributed by atoms with Crippen molar-refractivity contribution in [1.29, 1.82) is 0 Å². The smallest absolute Gasteiger partial charge is 0.321 e. The number of rotatable bonds is 6. The van der Waals surface area contributed by atoms with Gasteiger partial charge >= 0.3 is 5.97 Å². The van der Waals surface area contributed by atoms with E-state index in [4.69, 9.17) is 0 Å². The molecule has 3 rings (SSSR count). The molecule has 2 heterocycles. The third-order valence-electron chi connectivity index (χ3n) is 3.96. The van der Waals surface area contributed by atoms with Crippen molar-refractivity contribution in [3.05, 3.63) is 66.1 Å². The molecule has 0 fully saturated rings. The largest absolute Gasteiger partial charge is 0.480 e. The average Bonchev–Trinajstić information content (AvgIpc) is 2.88. The van der Waals surface area contributed by atoms with Gasteiger partial charge in [0.1, 0.15) is 6.04 Å². The van der Waals surface area contributed by atoms with Gasteiger partial charge in [-0.3, -0.25) is 15.1 Å². The van der Waals surface area contributed by atoms with Crippen molar-refractivity contribution in [2.24, 2.45) is 7.05 Å². The molecule has 23 heavy (non-hydrogen) atoms. The van der Waals surface area contributed by atoms with Crippen LogP contribution in [-0.2, 0) is 24.8 Å². The van der Waals surface area contributed by atoms with E-state index in [9.17, 15) is 9.90 Å². The number of aryl methyl sites for hydroxylation is 1. The Morgan fingerprint density at radius 1 is 1.26 bits per heavy atom. The van der Waals surface area contributed by atoms with Gasteiger partial charge in [0.2, 0.25) is 0 Å². The molecule has 1 atom stereocenters. The Morgan fingerprint density at radius 2 is 2.04 bits per heavy atom. The highest BCUT2D eigenvalue weighted by atomic mass is 16.4. The lowest BCUT2D eigenvalue weighted by Gasteiger charge is -2.13. The van der Waals surface area contributed by atoms with Gasteiger partial charge in [-0.1, -0.05) is 24.3 Å². The first-order chi connectivity index (χ1) is 11.1. The van der Waals surface area contributed by atoms with E-state index >= 15 is 0 Å². The van der Waals surface area contributed by atoms with E-state index in [-0.39, 0.29) is 0 Å². The highest BCUT2D eigenvalue weighted by molar-refractivity contribution is 5.85. The highest BCUT2D eigenvalue weighted by Gasteiger charge is 2.19. The fourth-order valence-corrected chi connectivity index (χ4v) is 2.79. The van der Waals surface area contributed by atoms with E-state index in [1.165, 1.54) is 0 Å². The summed E-state index contributed by atoms with van der Waals surface area (Å²) in [5.41, 5.74) is 2.97. The predicted molar refractivity (Wildman–Crippen MR) is 89.1 cm³/mol. The topological polar surface area (TPSA) is 67.2 Å². The molecule has 3 aromatic rings. The Kier molecular flexibility index (Phi) is 4.39. The molecule has 0 spiro atoms. The number of hydrogen-bond donors (Lipinski definition) is 2. The molecule has 0 aliphatic rings. The summed E-state index contributed by atoms with van der Waals surface area (Å²) in [7, 11) is 1.98. The lowest BCUT2D eigenvalue weighted by atomic mass is 10.0. The summed E-state index contributed by atoms with van der Waals surface area (Å²) in [6.07, 6.45) is 4.14. The van der Waals surface area contributed by atoms with Crippen molar-refractivity contribution in [2.75, 3.05) is 0 Å². The molecule has 0 radical (unpaired) electrons. The summed E-state index contributed by atoms with van der Waals surface area (Å²) < 4.78 is 2.03. The Labute approximate surface area is 134 Å². The SMILES string of the molecule is Cn1cc(CC(NCc2ccccn2)C(=O)O)c2ccccc21. The number of para-hydroxylation sites is 1. The van der Waals surface area contributed by atoms with Crippen molar-refractivity contribution in [3.8, 4) is 0 Å². The number of fused-ring (bicyclic) bond motifs is 1. The summed E-state index contributed by atoms with van der Waals surface area (Å²) in [5.74, 6) is -0.853. The van der Waals surface area contributed by atoms with Gasteiger partial charge in [0.05, 0.1) is 5.69 Å². The van der Waals surface area contributed by atoms with Crippen LogP contribution in [0.2, 0.25) is 0 Å². The van der Waals surface area contributed by atoms with Crippen LogP contribution in [0, 0.1) is 0 Å². The maximum absolute atomic E-state index is 11.6. The molecule has 0 saturated carbocycles. The van der Waals surface area contributed by atoms with Gasteiger partial charge in [-0.2, -0.15) is 0 Å². The number of nitrogens with one attached hydrogen (secondary N) is 1. The zero-order chi connectivity index (χ0) is 16.2. The molecule has 1 unspecified atom stereocenters. The van der Waals surface area contributed by atoms with E-state index in [2.05, 4.69) is 10.3 Å². The predicted octanol–water partition coefficient (Wildman–Crippen LogP) is 2.36. The molecule has 5 heteroatoms. The van der Waals surface area contributed by atoms with Crippen LogP contribution in [0.25, 0.3) is 10.9 Å². The fourth-order valence-electron chi connectivity index (χ4n) is 2.79. The van der Waals surface area contributed by atoms with Crippen LogP contribution < -0.4 is 5.32 Å². The Hall–Kier alpha value is -2.66. The quantitative estimate of drug-likeness (QED) is 0.733. The molecule has 0 aliphatic carbocycles. The summed E-state index contributed by atoms with van der Waals surface area (Å²) >= 11 is 0. The molecule has 2 aromatic heterocycles. The zero-order valence-electron chi connectivity index (χ0n) is 12.9. The van der Waals surface area contributed by atoms with E-state index in [0.717, 1.165) is 22.2 Å². The van der Waals surface area contributed by atoms with Crippen molar-refractivity contribution < 1.29 is 9.90 Å². The molecule has 118 valence electrons. The Morgan fingerprint density at radius 3 is 2.78 bits per heavy atom. The van der Waals surface area contributed by atoms with Gasteiger partial charge in [0.25, 0.3) is 0 Å². The van der Waals surface area contributed by atoms with Crippen LogP contribution in [0.4, 0.5) is 0 Å². The molecular formula is C18H19N3O2. The number of carboxylic acid groups (broad SMARTS) is 1. The van der Waals surface area contributed by atoms with Gasteiger partial charge in [-0.15, -0.1) is 0 Å². The maximum atomic E-state index is 11.6. The van der Waals surface area contributed by atoms with Gasteiger partial charge in [0.15, 0.2) is 0 Å². The first-order valence-corrected chi connectivity index (χ1v) is 7.54. The number of pyridine rings is 1. The van der Waals surface area contributed by atoms with E-state index in [0.29, 0.717) is 13.0 Å². The van der Waals surface area contributed by atoms with Gasteiger partial charge < -0.3 is 9.67 Å². The minimum absolute atomic E-state index is 0.433. The van der Waals surface area contributed by atoms with E-state index in [1.807, 2.05) is 60.3 Å². The summed E-state index contributed by atoms with van der Waals surface area (Å²) in [6.45, 7) is 0.433. The molecule has 0 bridgehead atoms. The molecule has 0 saturated heterocycles. The second kappa shape index (κ2) is 6.62. The van der Waals surface area contributed by atoms with Crippen molar-refractivity contribution in [1.82, 2.24) is 14.9 Å². The Balaban J connectivity index is 1.78. The zero-order valence-corrected chi connectivity index (χ0v) is 12.9. The lowest BCUT2D eigenvalue weighted by molar-refractivity contribution is -0.139. The fraction of sp³-hybridized carbons (Fsp3) is 0.222. The van der Waals surface area contributed by atoms with Crippen LogP contribution in [0.3, 0.4) is 0 Å². The third kappa shape index (κ3) is 3.40. The number of hydrogen-bond acceptors (Lipinski definition) is 3. The molecule has 0 aliphatic heterocycles. The molecule has 5 nitrogen and oxygen atoms in total. The maximum Gasteiger partial charge on any atom is 0.321 e. The number of carboxylic acids is 1. The number of nitrogens with zero attached hydrogens (tertiary/aromatic N) is 2. The van der Waals surface area contributed by atoms with E-state index in [1.54, 1.807) is 6.20 Å². The minimum Gasteiger partial charge on any atom is -0.480 e. The second-order valence-corrected chi connectivity index (χ2v) is 5.58. The molecule has 2 N–H and O–H groups in total. The monoisotopic (exact) mass is 309 g/mol. The van der Waals surface area contributed by atoms with E-state index < -0.39 is 12.0 Å². The van der Waals surface area contributed by atoms with Crippen LogP contribution in [-0.4, -0.2) is 26.7 Å². The van der Waals surface area contributed by atoms with Crippen molar-refractivity contribution in [2.45, 2.75) is 19.0 Å². The lowest BCUT2D eigenvalue weighted by Crippen LogP contribution is -2.38. The number of aromatic nitrogens is 2. The molecule has 0 amide bonds.